The summed E-state index contributed by atoms with van der Waals surface area (Å²) in [6, 6.07) is 15.9. The average Bonchev–Trinajstić information content (AvgIpc) is 2.43. The fraction of sp³-hybridized carbons (Fsp3) is 0.312. The van der Waals surface area contributed by atoms with Gasteiger partial charge in [-0.05, 0) is 36.2 Å². The average molecular weight is 255 g/mol. The molecule has 0 radical (unpaired) electrons. The van der Waals surface area contributed by atoms with Gasteiger partial charge in [0.2, 0.25) is 0 Å². The molecule has 0 saturated carbocycles. The highest BCUT2D eigenvalue weighted by Gasteiger charge is 2.18. The van der Waals surface area contributed by atoms with Crippen LogP contribution in [-0.4, -0.2) is 17.3 Å². The molecule has 3 heteroatoms. The summed E-state index contributed by atoms with van der Waals surface area (Å²) < 4.78 is 5.58. The molecule has 1 N–H and O–H groups in total. The van der Waals surface area contributed by atoms with Crippen molar-refractivity contribution in [2.24, 2.45) is 0 Å². The number of hydrogen-bond donors (Lipinski definition) is 1. The molecule has 0 aliphatic rings. The van der Waals surface area contributed by atoms with E-state index in [2.05, 4.69) is 6.07 Å². The molecule has 0 saturated heterocycles. The molecule has 0 heterocycles. The van der Waals surface area contributed by atoms with Crippen LogP contribution in [0.3, 0.4) is 0 Å². The standard InChI is InChI=1S/C16H17NO2/c1-11(18)12(2)19-16(10-17)15-8-7-13-5-3-4-6-14(13)9-15/h3-9,11-12,16,18H,1-2H3. The van der Waals surface area contributed by atoms with Gasteiger partial charge in [-0.1, -0.05) is 36.4 Å². The maximum atomic E-state index is 9.45. The molecule has 0 spiro atoms. The van der Waals surface area contributed by atoms with Crippen molar-refractivity contribution in [2.45, 2.75) is 32.2 Å². The minimum atomic E-state index is -0.658. The van der Waals surface area contributed by atoms with Gasteiger partial charge in [-0.3, -0.25) is 0 Å². The Labute approximate surface area is 113 Å². The summed E-state index contributed by atoms with van der Waals surface area (Å²) in [5, 5.41) is 20.9. The van der Waals surface area contributed by atoms with Gasteiger partial charge in [0, 0.05) is 0 Å². The Morgan fingerprint density at radius 3 is 2.42 bits per heavy atom. The Bertz CT molecular complexity index is 601. The summed E-state index contributed by atoms with van der Waals surface area (Å²) >= 11 is 0. The molecular weight excluding hydrogens is 238 g/mol. The second-order valence-corrected chi connectivity index (χ2v) is 4.70. The lowest BCUT2D eigenvalue weighted by atomic mass is 10.0. The number of nitrogens with zero attached hydrogens (tertiary/aromatic N) is 1. The fourth-order valence-electron chi connectivity index (χ4n) is 1.88. The lowest BCUT2D eigenvalue weighted by Crippen LogP contribution is -2.24. The maximum Gasteiger partial charge on any atom is 0.169 e. The summed E-state index contributed by atoms with van der Waals surface area (Å²) in [4.78, 5) is 0. The minimum absolute atomic E-state index is 0.379. The molecule has 0 aliphatic carbocycles. The molecular formula is C16H17NO2. The topological polar surface area (TPSA) is 53.2 Å². The number of ether oxygens (including phenoxy) is 1. The monoisotopic (exact) mass is 255 g/mol. The first kappa shape index (κ1) is 13.5. The zero-order valence-electron chi connectivity index (χ0n) is 11.1. The van der Waals surface area contributed by atoms with Crippen LogP contribution < -0.4 is 0 Å². The lowest BCUT2D eigenvalue weighted by molar-refractivity contribution is -0.0425. The third-order valence-electron chi connectivity index (χ3n) is 3.22. The largest absolute Gasteiger partial charge is 0.391 e. The molecule has 2 aromatic carbocycles. The Hall–Kier alpha value is -1.89. The van der Waals surface area contributed by atoms with E-state index in [4.69, 9.17) is 4.74 Å². The van der Waals surface area contributed by atoms with Crippen LogP contribution in [0.1, 0.15) is 25.5 Å². The predicted octanol–water partition coefficient (Wildman–Crippen LogP) is 3.19. The Morgan fingerprint density at radius 1 is 1.11 bits per heavy atom. The molecule has 3 nitrogen and oxygen atoms in total. The number of rotatable bonds is 4. The molecule has 0 aromatic heterocycles. The molecule has 0 amide bonds. The number of aliphatic hydroxyl groups excluding tert-OH is 1. The van der Waals surface area contributed by atoms with E-state index in [1.165, 1.54) is 0 Å². The van der Waals surface area contributed by atoms with E-state index >= 15 is 0 Å². The SMILES string of the molecule is CC(O)C(C)OC(C#N)c1ccc2ccccc2c1. The van der Waals surface area contributed by atoms with E-state index in [1.807, 2.05) is 42.5 Å². The third-order valence-corrected chi connectivity index (χ3v) is 3.22. The van der Waals surface area contributed by atoms with Gasteiger partial charge < -0.3 is 9.84 Å². The normalized spacial score (nSPS) is 15.7. The van der Waals surface area contributed by atoms with Crippen molar-refractivity contribution < 1.29 is 9.84 Å². The fourth-order valence-corrected chi connectivity index (χ4v) is 1.88. The number of hydrogen-bond acceptors (Lipinski definition) is 3. The number of nitriles is 1. The minimum Gasteiger partial charge on any atom is -0.391 e. The van der Waals surface area contributed by atoms with Crippen LogP contribution in [0.4, 0.5) is 0 Å². The van der Waals surface area contributed by atoms with Crippen LogP contribution in [0, 0.1) is 11.3 Å². The summed E-state index contributed by atoms with van der Waals surface area (Å²) in [6.07, 6.45) is -1.64. The predicted molar refractivity (Wildman–Crippen MR) is 74.5 cm³/mol. The van der Waals surface area contributed by atoms with E-state index < -0.39 is 12.2 Å². The van der Waals surface area contributed by atoms with Crippen LogP contribution in [-0.2, 0) is 4.74 Å². The lowest BCUT2D eigenvalue weighted by Gasteiger charge is -2.20. The van der Waals surface area contributed by atoms with Crippen LogP contribution in [0.15, 0.2) is 42.5 Å². The second-order valence-electron chi connectivity index (χ2n) is 4.70. The van der Waals surface area contributed by atoms with E-state index in [1.54, 1.807) is 13.8 Å². The smallest absolute Gasteiger partial charge is 0.169 e. The van der Waals surface area contributed by atoms with Crippen molar-refractivity contribution >= 4 is 10.8 Å². The Kier molecular flexibility index (Phi) is 4.16. The van der Waals surface area contributed by atoms with Gasteiger partial charge in [0.15, 0.2) is 6.10 Å². The molecule has 0 fully saturated rings. The van der Waals surface area contributed by atoms with E-state index in [0.29, 0.717) is 0 Å². The summed E-state index contributed by atoms with van der Waals surface area (Å²) in [6.45, 7) is 3.41. The third kappa shape index (κ3) is 3.11. The van der Waals surface area contributed by atoms with E-state index in [0.717, 1.165) is 16.3 Å². The number of fused-ring (bicyclic) bond motifs is 1. The molecule has 3 atom stereocenters. The second kappa shape index (κ2) is 5.83. The van der Waals surface area contributed by atoms with Crippen LogP contribution in [0.2, 0.25) is 0 Å². The van der Waals surface area contributed by atoms with Gasteiger partial charge in [-0.15, -0.1) is 0 Å². The van der Waals surface area contributed by atoms with Crippen LogP contribution >= 0.6 is 0 Å². The van der Waals surface area contributed by atoms with Gasteiger partial charge >= 0.3 is 0 Å². The van der Waals surface area contributed by atoms with Crippen molar-refractivity contribution in [3.8, 4) is 6.07 Å². The first-order valence-electron chi connectivity index (χ1n) is 6.33. The first-order chi connectivity index (χ1) is 9.11. The molecule has 2 rings (SSSR count). The van der Waals surface area contributed by atoms with Crippen LogP contribution in [0.25, 0.3) is 10.8 Å². The summed E-state index contributed by atoms with van der Waals surface area (Å²) in [5.41, 5.74) is 0.814. The molecule has 19 heavy (non-hydrogen) atoms. The van der Waals surface area contributed by atoms with E-state index in [-0.39, 0.29) is 6.10 Å². The zero-order chi connectivity index (χ0) is 13.8. The molecule has 2 aromatic rings. The molecule has 3 unspecified atom stereocenters. The number of aliphatic hydroxyl groups is 1. The quantitative estimate of drug-likeness (QED) is 0.912. The van der Waals surface area contributed by atoms with E-state index in [9.17, 15) is 10.4 Å². The van der Waals surface area contributed by atoms with Crippen molar-refractivity contribution in [3.05, 3.63) is 48.0 Å². The first-order valence-corrected chi connectivity index (χ1v) is 6.33. The zero-order valence-corrected chi connectivity index (χ0v) is 11.1. The van der Waals surface area contributed by atoms with Gasteiger partial charge in [0.25, 0.3) is 0 Å². The van der Waals surface area contributed by atoms with Crippen molar-refractivity contribution in [3.63, 3.8) is 0 Å². The Balaban J connectivity index is 2.28. The maximum absolute atomic E-state index is 9.45. The van der Waals surface area contributed by atoms with Crippen molar-refractivity contribution in [1.82, 2.24) is 0 Å². The summed E-state index contributed by atoms with van der Waals surface area (Å²) in [5.74, 6) is 0. The number of benzene rings is 2. The van der Waals surface area contributed by atoms with Gasteiger partial charge in [-0.25, -0.2) is 0 Å². The molecule has 0 bridgehead atoms. The van der Waals surface area contributed by atoms with Gasteiger partial charge in [0.05, 0.1) is 18.3 Å². The summed E-state index contributed by atoms with van der Waals surface area (Å²) in [7, 11) is 0. The van der Waals surface area contributed by atoms with Gasteiger partial charge in [-0.2, -0.15) is 5.26 Å². The highest BCUT2D eigenvalue weighted by molar-refractivity contribution is 5.83. The highest BCUT2D eigenvalue weighted by atomic mass is 16.5. The van der Waals surface area contributed by atoms with Gasteiger partial charge in [0.1, 0.15) is 0 Å². The Morgan fingerprint density at radius 2 is 1.79 bits per heavy atom. The van der Waals surface area contributed by atoms with Crippen molar-refractivity contribution in [1.29, 1.82) is 5.26 Å². The molecule has 98 valence electrons. The van der Waals surface area contributed by atoms with Crippen molar-refractivity contribution in [2.75, 3.05) is 0 Å². The van der Waals surface area contributed by atoms with Crippen LogP contribution in [0.5, 0.6) is 0 Å². The highest BCUT2D eigenvalue weighted by Crippen LogP contribution is 2.24. The molecule has 0 aliphatic heterocycles.